The lowest BCUT2D eigenvalue weighted by Gasteiger charge is -2.11. The molecule has 0 saturated carbocycles. The van der Waals surface area contributed by atoms with Crippen molar-refractivity contribution in [2.75, 3.05) is 13.2 Å². The van der Waals surface area contributed by atoms with Gasteiger partial charge in [-0.3, -0.25) is 0 Å². The van der Waals surface area contributed by atoms with Crippen molar-refractivity contribution in [3.8, 4) is 0 Å². The summed E-state index contributed by atoms with van der Waals surface area (Å²) in [5.74, 6) is 0. The number of carbonyl (C=O) groups is 2. The lowest BCUT2D eigenvalue weighted by Crippen LogP contribution is -2.29. The summed E-state index contributed by atoms with van der Waals surface area (Å²) in [6, 6.07) is 0. The molecule has 0 radical (unpaired) electrons. The molecule has 0 rings (SSSR count). The number of aldehydes is 2. The Morgan fingerprint density at radius 2 is 0.944 bits per heavy atom. The van der Waals surface area contributed by atoms with Crippen molar-refractivity contribution >= 4 is 12.6 Å². The Morgan fingerprint density at radius 1 is 0.667 bits per heavy atom. The Hall–Kier alpha value is -0.900. The fraction of sp³-hybridized carbons (Fsp3) is 0.800. The van der Waals surface area contributed by atoms with E-state index < -0.39 is 37.6 Å². The second-order valence-corrected chi connectivity index (χ2v) is 3.44. The molecule has 18 heavy (non-hydrogen) atoms. The molecule has 108 valence electrons. The quantitative estimate of drug-likeness (QED) is 0.248. The normalized spacial score (nSPS) is 16.8. The first-order valence-corrected chi connectivity index (χ1v) is 5.25. The molecule has 0 aliphatic carbocycles. The summed E-state index contributed by atoms with van der Waals surface area (Å²) >= 11 is 0. The van der Waals surface area contributed by atoms with E-state index in [9.17, 15) is 9.59 Å². The van der Waals surface area contributed by atoms with Crippen LogP contribution in [0, 0.1) is 0 Å². The highest BCUT2D eigenvalue weighted by Gasteiger charge is 2.13. The Morgan fingerprint density at radius 3 is 1.11 bits per heavy atom. The van der Waals surface area contributed by atoms with Gasteiger partial charge in [-0.2, -0.15) is 0 Å². The van der Waals surface area contributed by atoms with Crippen molar-refractivity contribution in [2.24, 2.45) is 0 Å². The Balaban J connectivity index is 0. The summed E-state index contributed by atoms with van der Waals surface area (Å²) in [4.78, 5) is 19.4. The second-order valence-electron chi connectivity index (χ2n) is 3.44. The molecule has 0 bridgehead atoms. The van der Waals surface area contributed by atoms with Gasteiger partial charge in [-0.1, -0.05) is 0 Å². The highest BCUT2D eigenvalue weighted by Crippen LogP contribution is 1.95. The molecule has 8 heteroatoms. The smallest absolute Gasteiger partial charge is 0.122 e. The van der Waals surface area contributed by atoms with Crippen LogP contribution in [0.15, 0.2) is 0 Å². The van der Waals surface area contributed by atoms with Crippen LogP contribution in [0.5, 0.6) is 0 Å². The predicted octanol–water partition coefficient (Wildman–Crippen LogP) is -3.42. The van der Waals surface area contributed by atoms with Gasteiger partial charge in [-0.15, -0.1) is 0 Å². The SMILES string of the molecule is O=CC[C@@H](O)[C@@H](O)CO.O=CC[C@H](O)[C@H](O)CO. The van der Waals surface area contributed by atoms with E-state index in [0.717, 1.165) is 0 Å². The largest absolute Gasteiger partial charge is 0.394 e. The average Bonchev–Trinajstić information content (AvgIpc) is 2.38. The van der Waals surface area contributed by atoms with E-state index in [1.165, 1.54) is 0 Å². The maximum absolute atomic E-state index is 9.68. The van der Waals surface area contributed by atoms with Crippen LogP contribution in [0.1, 0.15) is 12.8 Å². The summed E-state index contributed by atoms with van der Waals surface area (Å²) in [6.45, 7) is -1.04. The molecule has 0 heterocycles. The first-order chi connectivity index (χ1) is 8.44. The van der Waals surface area contributed by atoms with Crippen molar-refractivity contribution in [2.45, 2.75) is 37.3 Å². The zero-order valence-corrected chi connectivity index (χ0v) is 9.79. The van der Waals surface area contributed by atoms with Crippen LogP contribution in [0.2, 0.25) is 0 Å². The zero-order chi connectivity index (χ0) is 14.6. The van der Waals surface area contributed by atoms with Gasteiger partial charge >= 0.3 is 0 Å². The van der Waals surface area contributed by atoms with Crippen molar-refractivity contribution in [1.29, 1.82) is 0 Å². The van der Waals surface area contributed by atoms with Gasteiger partial charge in [0.15, 0.2) is 0 Å². The van der Waals surface area contributed by atoms with E-state index in [-0.39, 0.29) is 12.8 Å². The fourth-order valence-corrected chi connectivity index (χ4v) is 0.755. The van der Waals surface area contributed by atoms with Crippen molar-refractivity contribution in [1.82, 2.24) is 0 Å². The van der Waals surface area contributed by atoms with E-state index in [2.05, 4.69) is 0 Å². The van der Waals surface area contributed by atoms with Crippen LogP contribution in [0.3, 0.4) is 0 Å². The molecule has 0 aromatic carbocycles. The van der Waals surface area contributed by atoms with Crippen molar-refractivity contribution in [3.05, 3.63) is 0 Å². The van der Waals surface area contributed by atoms with E-state index in [1.807, 2.05) is 0 Å². The maximum Gasteiger partial charge on any atom is 0.122 e. The van der Waals surface area contributed by atoms with Gasteiger partial charge in [0, 0.05) is 12.8 Å². The lowest BCUT2D eigenvalue weighted by molar-refractivity contribution is -0.112. The van der Waals surface area contributed by atoms with Gasteiger partial charge in [0.05, 0.1) is 25.4 Å². The molecule has 0 aliphatic rings. The maximum atomic E-state index is 9.68. The Labute approximate surface area is 104 Å². The van der Waals surface area contributed by atoms with E-state index in [1.54, 1.807) is 0 Å². The summed E-state index contributed by atoms with van der Waals surface area (Å²) in [6.07, 6.45) is -3.96. The van der Waals surface area contributed by atoms with Crippen LogP contribution in [0.25, 0.3) is 0 Å². The number of aliphatic hydroxyl groups is 6. The van der Waals surface area contributed by atoms with E-state index >= 15 is 0 Å². The van der Waals surface area contributed by atoms with Gasteiger partial charge < -0.3 is 40.2 Å². The summed E-state index contributed by atoms with van der Waals surface area (Å²) in [5, 5.41) is 51.0. The molecule has 8 nitrogen and oxygen atoms in total. The molecule has 0 saturated heterocycles. The topological polar surface area (TPSA) is 156 Å². The molecule has 0 amide bonds. The number of hydrogen-bond acceptors (Lipinski definition) is 8. The van der Waals surface area contributed by atoms with Gasteiger partial charge in [0.25, 0.3) is 0 Å². The number of aliphatic hydroxyl groups excluding tert-OH is 6. The predicted molar refractivity (Wildman–Crippen MR) is 59.6 cm³/mol. The second kappa shape index (κ2) is 12.6. The minimum Gasteiger partial charge on any atom is -0.394 e. The van der Waals surface area contributed by atoms with Crippen molar-refractivity contribution in [3.63, 3.8) is 0 Å². The van der Waals surface area contributed by atoms with E-state index in [0.29, 0.717) is 12.6 Å². The molecule has 4 atom stereocenters. The fourth-order valence-electron chi connectivity index (χ4n) is 0.755. The van der Waals surface area contributed by atoms with Crippen LogP contribution < -0.4 is 0 Å². The van der Waals surface area contributed by atoms with Gasteiger partial charge in [0.2, 0.25) is 0 Å². The number of rotatable bonds is 8. The third kappa shape index (κ3) is 10.3. The molecule has 6 N–H and O–H groups in total. The molecule has 0 spiro atoms. The first kappa shape index (κ1) is 19.4. The molecule has 0 fully saturated rings. The van der Waals surface area contributed by atoms with Crippen LogP contribution >= 0.6 is 0 Å². The minimum absolute atomic E-state index is 0.137. The van der Waals surface area contributed by atoms with Gasteiger partial charge in [-0.05, 0) is 0 Å². The average molecular weight is 268 g/mol. The molecular formula is C10H20O8. The van der Waals surface area contributed by atoms with Gasteiger partial charge in [0.1, 0.15) is 24.8 Å². The zero-order valence-electron chi connectivity index (χ0n) is 9.79. The van der Waals surface area contributed by atoms with Crippen LogP contribution in [0.4, 0.5) is 0 Å². The highest BCUT2D eigenvalue weighted by molar-refractivity contribution is 5.50. The number of hydrogen-bond donors (Lipinski definition) is 6. The standard InChI is InChI=1S/2C5H10O4/c2*6-2-1-4(8)5(9)3-7/h2*2,4-5,7-9H,1,3H2/t2*4-,5+/m10/s1. The third-order valence-corrected chi connectivity index (χ3v) is 1.94. The number of carbonyl (C=O) groups excluding carboxylic acids is 2. The summed E-state index contributed by atoms with van der Waals surface area (Å²) in [5.41, 5.74) is 0. The Bertz CT molecular complexity index is 188. The first-order valence-electron chi connectivity index (χ1n) is 5.25. The highest BCUT2D eigenvalue weighted by atomic mass is 16.4. The van der Waals surface area contributed by atoms with Crippen LogP contribution in [-0.2, 0) is 9.59 Å². The van der Waals surface area contributed by atoms with Gasteiger partial charge in [-0.25, -0.2) is 0 Å². The summed E-state index contributed by atoms with van der Waals surface area (Å²) in [7, 11) is 0. The Kier molecular flexibility index (Phi) is 13.6. The van der Waals surface area contributed by atoms with Crippen LogP contribution in [-0.4, -0.2) is 80.8 Å². The van der Waals surface area contributed by atoms with E-state index in [4.69, 9.17) is 30.6 Å². The minimum atomic E-state index is -1.20. The third-order valence-electron chi connectivity index (χ3n) is 1.94. The molecule has 0 aromatic rings. The molecule has 0 aliphatic heterocycles. The monoisotopic (exact) mass is 268 g/mol. The molecule has 0 unspecified atom stereocenters. The molecule has 0 aromatic heterocycles. The molecular weight excluding hydrogens is 248 g/mol. The summed E-state index contributed by atoms with van der Waals surface area (Å²) < 4.78 is 0. The van der Waals surface area contributed by atoms with Crippen molar-refractivity contribution < 1.29 is 40.2 Å². The lowest BCUT2D eigenvalue weighted by atomic mass is 10.2.